The molecule has 11 nitrogen and oxygen atoms in total. The number of aryl methyl sites for hydroxylation is 1. The second-order valence-corrected chi connectivity index (χ2v) is 10.4. The fraction of sp³-hybridized carbons (Fsp3) is 0.241. The van der Waals surface area contributed by atoms with Gasteiger partial charge in [-0.25, -0.2) is 33.9 Å². The van der Waals surface area contributed by atoms with Crippen LogP contribution >= 0.6 is 11.3 Å². The fourth-order valence-corrected chi connectivity index (χ4v) is 5.07. The molecule has 216 valence electrons. The number of halogens is 1. The standard InChI is InChI=1S/C29H26FN5O6S/c1-14-8-18(26-21(9-14)34-25(38-4)13-32-26)27-35-20-11-19(30)23(12-24(20)42-27)40-15(2)16(3)41-29(37)33-17-6-7-31-22(10-17)28(36)39-5/h6-13,15-16H,1-5H3,(H,31,33,37). The van der Waals surface area contributed by atoms with Crippen LogP contribution in [0.2, 0.25) is 0 Å². The lowest BCUT2D eigenvalue weighted by molar-refractivity contribution is 0.0402. The number of ether oxygens (including phenoxy) is 4. The second-order valence-electron chi connectivity index (χ2n) is 9.34. The van der Waals surface area contributed by atoms with Crippen molar-refractivity contribution in [1.29, 1.82) is 0 Å². The third kappa shape index (κ3) is 6.05. The third-order valence-corrected chi connectivity index (χ3v) is 7.37. The second kappa shape index (κ2) is 11.9. The summed E-state index contributed by atoms with van der Waals surface area (Å²) in [5, 5.41) is 3.18. The molecular formula is C29H26FN5O6S. The van der Waals surface area contributed by atoms with E-state index in [0.29, 0.717) is 37.8 Å². The van der Waals surface area contributed by atoms with Crippen molar-refractivity contribution in [3.8, 4) is 22.2 Å². The van der Waals surface area contributed by atoms with Crippen molar-refractivity contribution in [2.24, 2.45) is 0 Å². The summed E-state index contributed by atoms with van der Waals surface area (Å²) in [6.07, 6.45) is 0.653. The lowest BCUT2D eigenvalue weighted by Gasteiger charge is -2.22. The maximum atomic E-state index is 15.1. The first kappa shape index (κ1) is 28.6. The van der Waals surface area contributed by atoms with E-state index in [1.165, 1.54) is 50.0 Å². The molecule has 2 unspecified atom stereocenters. The quantitative estimate of drug-likeness (QED) is 0.216. The smallest absolute Gasteiger partial charge is 0.412 e. The summed E-state index contributed by atoms with van der Waals surface area (Å²) in [7, 11) is 2.76. The van der Waals surface area contributed by atoms with Crippen LogP contribution in [0.25, 0.3) is 31.8 Å². The van der Waals surface area contributed by atoms with Gasteiger partial charge in [0.05, 0.1) is 41.7 Å². The highest BCUT2D eigenvalue weighted by Gasteiger charge is 2.22. The van der Waals surface area contributed by atoms with Crippen LogP contribution in [0.3, 0.4) is 0 Å². The molecule has 3 heterocycles. The van der Waals surface area contributed by atoms with Gasteiger partial charge in [-0.3, -0.25) is 5.32 Å². The molecule has 13 heteroatoms. The summed E-state index contributed by atoms with van der Waals surface area (Å²) in [5.74, 6) is -0.844. The highest BCUT2D eigenvalue weighted by atomic mass is 32.1. The number of aromatic nitrogens is 4. The van der Waals surface area contributed by atoms with E-state index >= 15 is 4.39 Å². The van der Waals surface area contributed by atoms with Crippen molar-refractivity contribution in [2.45, 2.75) is 33.0 Å². The molecule has 3 aromatic heterocycles. The van der Waals surface area contributed by atoms with Crippen LogP contribution in [0.15, 0.2) is 48.8 Å². The highest BCUT2D eigenvalue weighted by Crippen LogP contribution is 2.37. The Hall–Kier alpha value is -4.91. The molecule has 0 radical (unpaired) electrons. The summed E-state index contributed by atoms with van der Waals surface area (Å²) in [6, 6.07) is 9.61. The van der Waals surface area contributed by atoms with E-state index < -0.39 is 30.1 Å². The molecule has 0 aliphatic rings. The van der Waals surface area contributed by atoms with Gasteiger partial charge in [0, 0.05) is 29.6 Å². The topological polar surface area (TPSA) is 135 Å². The molecular weight excluding hydrogens is 565 g/mol. The predicted octanol–water partition coefficient (Wildman–Crippen LogP) is 5.95. The average Bonchev–Trinajstić information content (AvgIpc) is 3.38. The summed E-state index contributed by atoms with van der Waals surface area (Å²) in [4.78, 5) is 41.6. The molecule has 0 aliphatic heterocycles. The van der Waals surface area contributed by atoms with Crippen LogP contribution in [-0.4, -0.2) is 58.4 Å². The van der Waals surface area contributed by atoms with E-state index in [9.17, 15) is 9.59 Å². The van der Waals surface area contributed by atoms with Crippen molar-refractivity contribution < 1.29 is 32.9 Å². The molecule has 0 fully saturated rings. The van der Waals surface area contributed by atoms with Gasteiger partial charge in [0.25, 0.3) is 0 Å². The van der Waals surface area contributed by atoms with E-state index in [0.717, 1.165) is 11.1 Å². The molecule has 0 saturated heterocycles. The highest BCUT2D eigenvalue weighted by molar-refractivity contribution is 7.21. The Balaban J connectivity index is 1.31. The Labute approximate surface area is 243 Å². The number of hydrogen-bond donors (Lipinski definition) is 1. The number of pyridine rings is 1. The number of benzene rings is 2. The van der Waals surface area contributed by atoms with Crippen molar-refractivity contribution in [2.75, 3.05) is 19.5 Å². The number of nitrogens with zero attached hydrogens (tertiary/aromatic N) is 4. The first-order valence-electron chi connectivity index (χ1n) is 12.8. The zero-order valence-corrected chi connectivity index (χ0v) is 24.1. The van der Waals surface area contributed by atoms with Gasteiger partial charge in [-0.05, 0) is 50.6 Å². The summed E-state index contributed by atoms with van der Waals surface area (Å²) in [5.41, 5.74) is 3.85. The lowest BCUT2D eigenvalue weighted by Crippen LogP contribution is -2.32. The summed E-state index contributed by atoms with van der Waals surface area (Å²) in [6.45, 7) is 5.23. The summed E-state index contributed by atoms with van der Waals surface area (Å²) >= 11 is 1.37. The summed E-state index contributed by atoms with van der Waals surface area (Å²) < 4.78 is 36.9. The minimum absolute atomic E-state index is 0.00320. The van der Waals surface area contributed by atoms with Crippen molar-refractivity contribution in [3.63, 3.8) is 0 Å². The van der Waals surface area contributed by atoms with Crippen LogP contribution in [-0.2, 0) is 9.47 Å². The number of amides is 1. The molecule has 5 rings (SSSR count). The number of carbonyl (C=O) groups is 2. The van der Waals surface area contributed by atoms with Crippen LogP contribution in [0.4, 0.5) is 14.9 Å². The lowest BCUT2D eigenvalue weighted by atomic mass is 10.1. The predicted molar refractivity (Wildman–Crippen MR) is 155 cm³/mol. The van der Waals surface area contributed by atoms with Gasteiger partial charge in [0.2, 0.25) is 5.88 Å². The zero-order chi connectivity index (χ0) is 30.0. The van der Waals surface area contributed by atoms with Gasteiger partial charge < -0.3 is 18.9 Å². The molecule has 0 bridgehead atoms. The van der Waals surface area contributed by atoms with Gasteiger partial charge in [0.1, 0.15) is 22.9 Å². The number of rotatable bonds is 8. The number of methoxy groups -OCH3 is 2. The van der Waals surface area contributed by atoms with Gasteiger partial charge in [0.15, 0.2) is 11.6 Å². The maximum Gasteiger partial charge on any atom is 0.412 e. The number of hydrogen-bond acceptors (Lipinski definition) is 11. The molecule has 1 amide bonds. The molecule has 0 aliphatic carbocycles. The van der Waals surface area contributed by atoms with Gasteiger partial charge in [-0.15, -0.1) is 11.3 Å². The molecule has 2 aromatic carbocycles. The number of thiazole rings is 1. The van der Waals surface area contributed by atoms with Gasteiger partial charge in [-0.2, -0.15) is 0 Å². The largest absolute Gasteiger partial charge is 0.484 e. The third-order valence-electron chi connectivity index (χ3n) is 6.32. The van der Waals surface area contributed by atoms with Crippen LogP contribution in [0, 0.1) is 12.7 Å². The number of fused-ring (bicyclic) bond motifs is 2. The molecule has 42 heavy (non-hydrogen) atoms. The Morgan fingerprint density at radius 1 is 1.00 bits per heavy atom. The van der Waals surface area contributed by atoms with E-state index in [4.69, 9.17) is 14.2 Å². The number of esters is 1. The zero-order valence-electron chi connectivity index (χ0n) is 23.3. The number of anilines is 1. The Kier molecular flexibility index (Phi) is 8.11. The average molecular weight is 592 g/mol. The Morgan fingerprint density at radius 2 is 1.81 bits per heavy atom. The number of nitrogens with one attached hydrogen (secondary N) is 1. The molecule has 5 aromatic rings. The van der Waals surface area contributed by atoms with E-state index in [2.05, 4.69) is 30.0 Å². The van der Waals surface area contributed by atoms with E-state index in [1.807, 2.05) is 19.1 Å². The Bertz CT molecular complexity index is 1810. The van der Waals surface area contributed by atoms with Crippen LogP contribution in [0.1, 0.15) is 29.9 Å². The molecule has 1 N–H and O–H groups in total. The molecule has 0 saturated carbocycles. The Morgan fingerprint density at radius 3 is 2.57 bits per heavy atom. The monoisotopic (exact) mass is 591 g/mol. The van der Waals surface area contributed by atoms with Gasteiger partial charge in [-0.1, -0.05) is 0 Å². The van der Waals surface area contributed by atoms with Crippen molar-refractivity contribution >= 4 is 50.3 Å². The SMILES string of the molecule is COC(=O)c1cc(NC(=O)OC(C)C(C)Oc2cc3sc(-c4cc(C)cc5nc(OC)cnc45)nc3cc2F)ccn1. The van der Waals surface area contributed by atoms with Crippen molar-refractivity contribution in [3.05, 3.63) is 65.9 Å². The minimum atomic E-state index is -0.783. The first-order valence-corrected chi connectivity index (χ1v) is 13.6. The minimum Gasteiger partial charge on any atom is -0.484 e. The normalized spacial score (nSPS) is 12.5. The van der Waals surface area contributed by atoms with E-state index in [1.54, 1.807) is 26.1 Å². The van der Waals surface area contributed by atoms with Crippen molar-refractivity contribution in [1.82, 2.24) is 19.9 Å². The van der Waals surface area contributed by atoms with Crippen LogP contribution in [0.5, 0.6) is 11.6 Å². The first-order chi connectivity index (χ1) is 20.1. The van der Waals surface area contributed by atoms with Gasteiger partial charge >= 0.3 is 12.1 Å². The fourth-order valence-electron chi connectivity index (χ4n) is 4.08. The molecule has 2 atom stereocenters. The maximum absolute atomic E-state index is 15.1. The van der Waals surface area contributed by atoms with Crippen LogP contribution < -0.4 is 14.8 Å². The van der Waals surface area contributed by atoms with E-state index in [-0.39, 0.29) is 11.4 Å². The number of carbonyl (C=O) groups excluding carboxylic acids is 2. The molecule has 0 spiro atoms.